The number of benzene rings is 5. The number of aromatic hydroxyl groups is 4. The lowest BCUT2D eigenvalue weighted by Gasteiger charge is -2.19. The van der Waals surface area contributed by atoms with Gasteiger partial charge in [0.05, 0.1) is 9.79 Å². The third kappa shape index (κ3) is 7.93. The molecule has 1 aliphatic rings. The summed E-state index contributed by atoms with van der Waals surface area (Å²) in [4.78, 5) is -0.955. The molecule has 5 aromatic carbocycles. The number of hydrogen-bond acceptors (Lipinski definition) is 9. The Labute approximate surface area is 306 Å². The minimum absolute atomic E-state index is 0.0747. The maximum atomic E-state index is 12.5. The second-order valence-electron chi connectivity index (χ2n) is 13.2. The molecule has 5 aromatic rings. The number of hydrogen-bond donors (Lipinski definition) is 6. The average Bonchev–Trinajstić information content (AvgIpc) is 3.07. The highest BCUT2D eigenvalue weighted by Crippen LogP contribution is 2.41. The molecule has 1 aliphatic carbocycles. The summed E-state index contributed by atoms with van der Waals surface area (Å²) in [6, 6.07) is 19.0. The Bertz CT molecular complexity index is 2280. The van der Waals surface area contributed by atoms with E-state index in [1.165, 1.54) is 0 Å². The van der Waals surface area contributed by atoms with Gasteiger partial charge in [-0.2, -0.15) is 28.6 Å². The first kappa shape index (κ1) is 37.2. The van der Waals surface area contributed by atoms with Crippen molar-refractivity contribution in [3.8, 4) is 34.1 Å². The van der Waals surface area contributed by atoms with Gasteiger partial charge in [-0.05, 0) is 107 Å². The third-order valence-electron chi connectivity index (χ3n) is 9.38. The van der Waals surface area contributed by atoms with Gasteiger partial charge >= 0.3 is 0 Å². The fraction of sp³-hybridized carbons (Fsp3) is 0.231. The van der Waals surface area contributed by atoms with Crippen LogP contribution in [0.3, 0.4) is 0 Å². The van der Waals surface area contributed by atoms with Crippen LogP contribution in [0.25, 0.3) is 11.1 Å². The molecule has 8 bridgehead atoms. The lowest BCUT2D eigenvalue weighted by molar-refractivity contribution is 0.449. The lowest BCUT2D eigenvalue weighted by Crippen LogP contribution is -2.06. The molecule has 6 N–H and O–H groups in total. The van der Waals surface area contributed by atoms with Gasteiger partial charge in [0.1, 0.15) is 23.0 Å². The van der Waals surface area contributed by atoms with Crippen LogP contribution in [0.4, 0.5) is 0 Å². The van der Waals surface area contributed by atoms with Crippen molar-refractivity contribution in [3.05, 3.63) is 128 Å². The van der Waals surface area contributed by atoms with E-state index in [9.17, 15) is 46.4 Å². The normalized spacial score (nSPS) is 13.2. The molecule has 0 aliphatic heterocycles. The molecular weight excluding hydrogens is 725 g/mol. The van der Waals surface area contributed by atoms with Crippen molar-refractivity contribution in [1.82, 2.24) is 0 Å². The van der Waals surface area contributed by atoms with Gasteiger partial charge in [0, 0.05) is 47.9 Å². The molecule has 272 valence electrons. The van der Waals surface area contributed by atoms with E-state index in [0.717, 1.165) is 54.0 Å². The smallest absolute Gasteiger partial charge is 0.294 e. The number of rotatable bonds is 7. The molecule has 13 heteroatoms. The fourth-order valence-corrected chi connectivity index (χ4v) is 8.40. The molecule has 52 heavy (non-hydrogen) atoms. The lowest BCUT2D eigenvalue weighted by atomic mass is 9.89. The number of phenols is 4. The monoisotopic (exact) mass is 762 g/mol. The number of aryl methyl sites for hydroxylation is 2. The topological polar surface area (TPSA) is 190 Å². The summed E-state index contributed by atoms with van der Waals surface area (Å²) in [5.74, 6) is -0.0387. The predicted molar refractivity (Wildman–Crippen MR) is 200 cm³/mol. The Morgan fingerprint density at radius 1 is 0.538 bits per heavy atom. The van der Waals surface area contributed by atoms with Crippen LogP contribution in [0.15, 0.2) is 82.6 Å². The van der Waals surface area contributed by atoms with Crippen molar-refractivity contribution >= 4 is 32.0 Å². The molecule has 0 spiro atoms. The first-order valence-corrected chi connectivity index (χ1v) is 20.7. The van der Waals surface area contributed by atoms with Crippen molar-refractivity contribution in [3.63, 3.8) is 0 Å². The number of thioether (sulfide) groups is 1. The Balaban J connectivity index is 1.62. The molecule has 0 saturated heterocycles. The summed E-state index contributed by atoms with van der Waals surface area (Å²) in [7, 11) is -9.50. The molecule has 0 heterocycles. The van der Waals surface area contributed by atoms with Crippen LogP contribution in [0, 0.1) is 6.92 Å². The zero-order chi connectivity index (χ0) is 37.5. The Morgan fingerprint density at radius 3 is 1.23 bits per heavy atom. The summed E-state index contributed by atoms with van der Waals surface area (Å²) in [6.45, 7) is 1.75. The zero-order valence-electron chi connectivity index (χ0n) is 28.4. The Morgan fingerprint density at radius 2 is 0.885 bits per heavy atom. The zero-order valence-corrected chi connectivity index (χ0v) is 30.9. The Hall–Kier alpha value is -4.53. The molecular formula is C39H38O10S3. The van der Waals surface area contributed by atoms with Crippen LogP contribution >= 0.6 is 11.8 Å². The molecule has 0 amide bonds. The summed E-state index contributed by atoms with van der Waals surface area (Å²) >= 11 is 1.77. The standard InChI is InChI=1S/C39H38O10S3/c1-22-10-26-14-30-18-34(51(44,45)46)20-32(38(30)42)16-28-12-25(24-7-5-23(6-8-24)4-3-9-50-2)13-29(37(28)41)17-33-21-35(52(47,48)49)19-31(39(33)43)15-27(11-22)36(26)40/h5-8,10-13,18-21,40-43H,3-4,9,14-17H2,1-2H3,(H,44,45,46)(H,47,48,49). The van der Waals surface area contributed by atoms with Crippen LogP contribution in [-0.2, 0) is 52.3 Å². The molecule has 6 rings (SSSR count). The minimum atomic E-state index is -4.75. The van der Waals surface area contributed by atoms with E-state index in [0.29, 0.717) is 11.1 Å². The van der Waals surface area contributed by atoms with Crippen LogP contribution < -0.4 is 0 Å². The molecule has 10 nitrogen and oxygen atoms in total. The van der Waals surface area contributed by atoms with E-state index < -0.39 is 30.0 Å². The highest BCUT2D eigenvalue weighted by atomic mass is 32.2. The summed E-state index contributed by atoms with van der Waals surface area (Å²) in [5.41, 5.74) is 4.64. The number of fused-ring (bicyclic) bond motifs is 8. The third-order valence-corrected chi connectivity index (χ3v) is 11.7. The largest absolute Gasteiger partial charge is 0.507 e. The van der Waals surface area contributed by atoms with E-state index in [1.807, 2.05) is 24.3 Å². The summed E-state index contributed by atoms with van der Waals surface area (Å²) in [6.07, 6.45) is 3.22. The second kappa shape index (κ2) is 14.5. The van der Waals surface area contributed by atoms with E-state index in [4.69, 9.17) is 0 Å². The van der Waals surface area contributed by atoms with Crippen molar-refractivity contribution in [2.75, 3.05) is 12.0 Å². The van der Waals surface area contributed by atoms with Crippen molar-refractivity contribution in [1.29, 1.82) is 0 Å². The van der Waals surface area contributed by atoms with Gasteiger partial charge in [-0.1, -0.05) is 42.0 Å². The first-order chi connectivity index (χ1) is 24.5. The van der Waals surface area contributed by atoms with Crippen LogP contribution in [0.5, 0.6) is 23.0 Å². The molecule has 0 unspecified atom stereocenters. The van der Waals surface area contributed by atoms with E-state index in [1.54, 1.807) is 43.0 Å². The molecule has 0 aromatic heterocycles. The second-order valence-corrected chi connectivity index (χ2v) is 17.0. The van der Waals surface area contributed by atoms with E-state index in [-0.39, 0.29) is 93.2 Å². The minimum Gasteiger partial charge on any atom is -0.507 e. The summed E-state index contributed by atoms with van der Waals surface area (Å²) < 4.78 is 70.0. The molecule has 0 saturated carbocycles. The maximum Gasteiger partial charge on any atom is 0.294 e. The van der Waals surface area contributed by atoms with E-state index in [2.05, 4.69) is 6.26 Å². The summed E-state index contributed by atoms with van der Waals surface area (Å²) in [5, 5.41) is 46.3. The van der Waals surface area contributed by atoms with Crippen LogP contribution in [-0.4, -0.2) is 58.4 Å². The van der Waals surface area contributed by atoms with Gasteiger partial charge in [-0.3, -0.25) is 9.11 Å². The van der Waals surface area contributed by atoms with Crippen LogP contribution in [0.2, 0.25) is 0 Å². The van der Waals surface area contributed by atoms with Crippen molar-refractivity contribution in [2.24, 2.45) is 0 Å². The SMILES string of the molecule is CSCCCc1ccc(-c2cc3c(O)c(c2)Cc2cc(S(=O)(=O)O)cc(c2O)Cc2cc(C)cc(c2O)Cc2cc(S(=O)(=O)O)cc(c2O)C3)cc1. The first-order valence-electron chi connectivity index (χ1n) is 16.4. The molecule has 0 atom stereocenters. The quantitative estimate of drug-likeness (QED) is 0.0729. The van der Waals surface area contributed by atoms with Gasteiger partial charge in [-0.15, -0.1) is 0 Å². The van der Waals surface area contributed by atoms with Gasteiger partial charge in [-0.25, -0.2) is 0 Å². The fourth-order valence-electron chi connectivity index (χ4n) is 6.80. The van der Waals surface area contributed by atoms with Crippen molar-refractivity contribution < 1.29 is 46.4 Å². The average molecular weight is 763 g/mol. The predicted octanol–water partition coefficient (Wildman–Crippen LogP) is 6.95. The van der Waals surface area contributed by atoms with Crippen LogP contribution in [0.1, 0.15) is 62.1 Å². The van der Waals surface area contributed by atoms with Gasteiger partial charge < -0.3 is 20.4 Å². The van der Waals surface area contributed by atoms with E-state index >= 15 is 0 Å². The van der Waals surface area contributed by atoms with Gasteiger partial charge in [0.15, 0.2) is 0 Å². The number of phenolic OH excluding ortho intramolecular Hbond substituents is 4. The molecule has 0 radical (unpaired) electrons. The highest BCUT2D eigenvalue weighted by Gasteiger charge is 2.24. The van der Waals surface area contributed by atoms with Crippen molar-refractivity contribution in [2.45, 2.75) is 55.2 Å². The highest BCUT2D eigenvalue weighted by molar-refractivity contribution is 7.98. The molecule has 0 fully saturated rings. The maximum absolute atomic E-state index is 12.5. The van der Waals surface area contributed by atoms with Gasteiger partial charge in [0.2, 0.25) is 0 Å². The van der Waals surface area contributed by atoms with Gasteiger partial charge in [0.25, 0.3) is 20.2 Å². The Kier molecular flexibility index (Phi) is 10.4.